The normalized spacial score (nSPS) is 17.0. The summed E-state index contributed by atoms with van der Waals surface area (Å²) in [4.78, 5) is 20.1. The van der Waals surface area contributed by atoms with E-state index in [1.807, 2.05) is 0 Å². The van der Waals surface area contributed by atoms with Crippen molar-refractivity contribution in [3.63, 3.8) is 0 Å². The minimum atomic E-state index is -3.43. The zero-order chi connectivity index (χ0) is 16.3. The van der Waals surface area contributed by atoms with Gasteiger partial charge in [0, 0.05) is 31.4 Å². The summed E-state index contributed by atoms with van der Waals surface area (Å²) in [6, 6.07) is 4.99. The standard InChI is InChI=1S/C14H16N4O3S2/c19-13(17-14-15-6-2-7-16-14)11-4-8-18(9-5-11)23(20,21)12-3-1-10-22-12/h1-3,6-7,10-11H,4-5,8-9H2,(H,15,16,17,19). The van der Waals surface area contributed by atoms with E-state index < -0.39 is 10.0 Å². The first-order chi connectivity index (χ1) is 11.1. The summed E-state index contributed by atoms with van der Waals surface area (Å²) >= 11 is 1.21. The molecule has 0 aromatic carbocycles. The molecule has 0 spiro atoms. The van der Waals surface area contributed by atoms with Crippen molar-refractivity contribution in [3.8, 4) is 0 Å². The van der Waals surface area contributed by atoms with Gasteiger partial charge in [0.2, 0.25) is 11.9 Å². The molecule has 7 nitrogen and oxygen atoms in total. The van der Waals surface area contributed by atoms with Gasteiger partial charge in [0.15, 0.2) is 0 Å². The van der Waals surface area contributed by atoms with E-state index in [4.69, 9.17) is 0 Å². The van der Waals surface area contributed by atoms with Crippen molar-refractivity contribution in [1.29, 1.82) is 0 Å². The maximum absolute atomic E-state index is 12.4. The van der Waals surface area contributed by atoms with Crippen molar-refractivity contribution in [2.45, 2.75) is 17.1 Å². The number of anilines is 1. The monoisotopic (exact) mass is 352 g/mol. The van der Waals surface area contributed by atoms with Gasteiger partial charge < -0.3 is 0 Å². The van der Waals surface area contributed by atoms with Gasteiger partial charge in [-0.15, -0.1) is 11.3 Å². The van der Waals surface area contributed by atoms with E-state index in [0.29, 0.717) is 30.1 Å². The smallest absolute Gasteiger partial charge is 0.252 e. The van der Waals surface area contributed by atoms with Gasteiger partial charge in [-0.3, -0.25) is 10.1 Å². The summed E-state index contributed by atoms with van der Waals surface area (Å²) in [5.41, 5.74) is 0. The minimum absolute atomic E-state index is 0.163. The lowest BCUT2D eigenvalue weighted by Gasteiger charge is -2.29. The molecule has 2 aromatic heterocycles. The zero-order valence-corrected chi connectivity index (χ0v) is 13.9. The van der Waals surface area contributed by atoms with Crippen LogP contribution in [0, 0.1) is 5.92 Å². The fourth-order valence-corrected chi connectivity index (χ4v) is 5.09. The van der Waals surface area contributed by atoms with Crippen LogP contribution in [0.1, 0.15) is 12.8 Å². The lowest BCUT2D eigenvalue weighted by Crippen LogP contribution is -2.41. The van der Waals surface area contributed by atoms with Gasteiger partial charge in [-0.25, -0.2) is 18.4 Å². The van der Waals surface area contributed by atoms with Crippen LogP contribution in [0.5, 0.6) is 0 Å². The van der Waals surface area contributed by atoms with Crippen LogP contribution in [-0.2, 0) is 14.8 Å². The number of amides is 1. The fourth-order valence-electron chi connectivity index (χ4n) is 2.47. The Morgan fingerprint density at radius 1 is 1.22 bits per heavy atom. The lowest BCUT2D eigenvalue weighted by molar-refractivity contribution is -0.121. The highest BCUT2D eigenvalue weighted by atomic mass is 32.2. The van der Waals surface area contributed by atoms with E-state index >= 15 is 0 Å². The van der Waals surface area contributed by atoms with Gasteiger partial charge in [0.1, 0.15) is 4.21 Å². The van der Waals surface area contributed by atoms with Gasteiger partial charge in [-0.05, 0) is 30.4 Å². The summed E-state index contributed by atoms with van der Waals surface area (Å²) in [6.07, 6.45) is 4.09. The highest BCUT2D eigenvalue weighted by Crippen LogP contribution is 2.26. The van der Waals surface area contributed by atoms with Gasteiger partial charge in [0.05, 0.1) is 0 Å². The van der Waals surface area contributed by atoms with Crippen LogP contribution >= 0.6 is 11.3 Å². The Bertz CT molecular complexity index is 755. The number of nitrogens with zero attached hydrogens (tertiary/aromatic N) is 3. The third-order valence-electron chi connectivity index (χ3n) is 3.71. The Morgan fingerprint density at radius 2 is 1.91 bits per heavy atom. The van der Waals surface area contributed by atoms with Crippen molar-refractivity contribution in [1.82, 2.24) is 14.3 Å². The molecule has 2 aromatic rings. The SMILES string of the molecule is O=C(Nc1ncccn1)C1CCN(S(=O)(=O)c2cccs2)CC1. The number of piperidine rings is 1. The van der Waals surface area contributed by atoms with E-state index in [9.17, 15) is 13.2 Å². The molecule has 122 valence electrons. The molecule has 1 aliphatic heterocycles. The van der Waals surface area contributed by atoms with Gasteiger partial charge >= 0.3 is 0 Å². The largest absolute Gasteiger partial charge is 0.294 e. The van der Waals surface area contributed by atoms with Crippen LogP contribution in [0.4, 0.5) is 5.95 Å². The number of rotatable bonds is 4. The first-order valence-electron chi connectivity index (χ1n) is 7.19. The Balaban J connectivity index is 1.59. The van der Waals surface area contributed by atoms with Gasteiger partial charge in [0.25, 0.3) is 10.0 Å². The Morgan fingerprint density at radius 3 is 2.52 bits per heavy atom. The lowest BCUT2D eigenvalue weighted by atomic mass is 9.97. The Labute approximate surface area is 138 Å². The molecule has 0 unspecified atom stereocenters. The minimum Gasteiger partial charge on any atom is -0.294 e. The first kappa shape index (κ1) is 16.0. The summed E-state index contributed by atoms with van der Waals surface area (Å²) in [5, 5.41) is 4.41. The second-order valence-corrected chi connectivity index (χ2v) is 8.28. The molecule has 0 radical (unpaired) electrons. The Kier molecular flexibility index (Phi) is 4.69. The van der Waals surface area contributed by atoms with Crippen LogP contribution < -0.4 is 5.32 Å². The fraction of sp³-hybridized carbons (Fsp3) is 0.357. The number of sulfonamides is 1. The molecule has 3 rings (SSSR count). The van der Waals surface area contributed by atoms with Crippen LogP contribution in [0.25, 0.3) is 0 Å². The number of carbonyl (C=O) groups excluding carboxylic acids is 1. The quantitative estimate of drug-likeness (QED) is 0.902. The van der Waals surface area contributed by atoms with Crippen LogP contribution in [0.2, 0.25) is 0 Å². The number of nitrogens with one attached hydrogen (secondary N) is 1. The summed E-state index contributed by atoms with van der Waals surface area (Å²) in [6.45, 7) is 0.682. The Hall–Kier alpha value is -1.84. The van der Waals surface area contributed by atoms with Gasteiger partial charge in [-0.2, -0.15) is 4.31 Å². The number of carbonyl (C=O) groups is 1. The maximum atomic E-state index is 12.4. The van der Waals surface area contributed by atoms with Crippen molar-refractivity contribution >= 4 is 33.2 Å². The predicted octanol–water partition coefficient (Wildman–Crippen LogP) is 1.58. The molecule has 1 N–H and O–H groups in total. The average Bonchev–Trinajstić information content (AvgIpc) is 3.11. The summed E-state index contributed by atoms with van der Waals surface area (Å²) in [7, 11) is -3.43. The van der Waals surface area contributed by atoms with Crippen molar-refractivity contribution < 1.29 is 13.2 Å². The summed E-state index contributed by atoms with van der Waals surface area (Å²) < 4.78 is 26.7. The number of aromatic nitrogens is 2. The van der Waals surface area contributed by atoms with E-state index in [0.717, 1.165) is 0 Å². The highest BCUT2D eigenvalue weighted by Gasteiger charge is 2.32. The van der Waals surface area contributed by atoms with Crippen molar-refractivity contribution in [2.75, 3.05) is 18.4 Å². The van der Waals surface area contributed by atoms with E-state index in [-0.39, 0.29) is 17.8 Å². The molecular weight excluding hydrogens is 336 g/mol. The van der Waals surface area contributed by atoms with Crippen LogP contribution in [-0.4, -0.2) is 41.7 Å². The van der Waals surface area contributed by atoms with Gasteiger partial charge in [-0.1, -0.05) is 6.07 Å². The number of thiophene rings is 1. The first-order valence-corrected chi connectivity index (χ1v) is 9.51. The topological polar surface area (TPSA) is 92.3 Å². The average molecular weight is 352 g/mol. The molecule has 0 atom stereocenters. The molecule has 0 bridgehead atoms. The maximum Gasteiger partial charge on any atom is 0.252 e. The molecule has 1 amide bonds. The van der Waals surface area contributed by atoms with E-state index in [1.165, 1.54) is 15.6 Å². The molecule has 1 fully saturated rings. The number of hydrogen-bond donors (Lipinski definition) is 1. The molecule has 1 saturated heterocycles. The van der Waals surface area contributed by atoms with Crippen molar-refractivity contribution in [3.05, 3.63) is 36.0 Å². The van der Waals surface area contributed by atoms with E-state index in [1.54, 1.807) is 36.0 Å². The molecule has 1 aliphatic rings. The molecular formula is C14H16N4O3S2. The molecule has 3 heterocycles. The second kappa shape index (κ2) is 6.73. The highest BCUT2D eigenvalue weighted by molar-refractivity contribution is 7.91. The van der Waals surface area contributed by atoms with E-state index in [2.05, 4.69) is 15.3 Å². The third-order valence-corrected chi connectivity index (χ3v) is 6.99. The molecule has 23 heavy (non-hydrogen) atoms. The summed E-state index contributed by atoms with van der Waals surface area (Å²) in [5.74, 6) is -0.121. The van der Waals surface area contributed by atoms with Crippen molar-refractivity contribution in [2.24, 2.45) is 5.92 Å². The zero-order valence-electron chi connectivity index (χ0n) is 12.3. The van der Waals surface area contributed by atoms with Crippen LogP contribution in [0.15, 0.2) is 40.2 Å². The molecule has 0 aliphatic carbocycles. The number of hydrogen-bond acceptors (Lipinski definition) is 6. The third kappa shape index (κ3) is 3.57. The second-order valence-electron chi connectivity index (χ2n) is 5.17. The predicted molar refractivity (Wildman–Crippen MR) is 86.5 cm³/mol. The molecule has 9 heteroatoms. The van der Waals surface area contributed by atoms with Crippen LogP contribution in [0.3, 0.4) is 0 Å². The molecule has 0 saturated carbocycles.